The monoisotopic (exact) mass is 1070 g/mol. The fraction of sp³-hybridized carbons (Fsp3) is 0.952. The van der Waals surface area contributed by atoms with Crippen LogP contribution >= 0.6 is 7.82 Å². The Kier molecular flexibility index (Phi) is 56.5. The Labute approximate surface area is 456 Å². The van der Waals surface area contributed by atoms with E-state index in [0.29, 0.717) is 19.3 Å². The average molecular weight is 1070 g/mol. The van der Waals surface area contributed by atoms with E-state index in [1.807, 2.05) is 0 Å². The first-order valence-corrected chi connectivity index (χ1v) is 33.4. The number of carbonyl (C=O) groups excluding carboxylic acids is 3. The minimum absolute atomic E-state index is 0.179. The average Bonchev–Trinajstić information content (AvgIpc) is 3.39. The third-order valence-electron chi connectivity index (χ3n) is 14.5. The maximum atomic E-state index is 12.9. The highest BCUT2D eigenvalue weighted by atomic mass is 31.2. The van der Waals surface area contributed by atoms with Crippen molar-refractivity contribution in [3.8, 4) is 0 Å². The van der Waals surface area contributed by atoms with Crippen LogP contribution in [-0.4, -0.2) is 66.5 Å². The van der Waals surface area contributed by atoms with Gasteiger partial charge >= 0.3 is 25.7 Å². The lowest BCUT2D eigenvalue weighted by molar-refractivity contribution is -0.161. The van der Waals surface area contributed by atoms with Crippen molar-refractivity contribution in [2.45, 2.75) is 354 Å². The van der Waals surface area contributed by atoms with Gasteiger partial charge in [-0.3, -0.25) is 23.4 Å². The van der Waals surface area contributed by atoms with E-state index in [4.69, 9.17) is 23.3 Å². The molecule has 0 heterocycles. The van der Waals surface area contributed by atoms with Crippen molar-refractivity contribution in [2.75, 3.05) is 26.4 Å². The number of ether oxygens (including phenoxy) is 3. The van der Waals surface area contributed by atoms with Crippen LogP contribution in [0.5, 0.6) is 0 Å². The predicted molar refractivity (Wildman–Crippen MR) is 307 cm³/mol. The molecule has 3 atom stereocenters. The first-order valence-electron chi connectivity index (χ1n) is 31.9. The Hall–Kier alpha value is -1.52. The van der Waals surface area contributed by atoms with Gasteiger partial charge in [0.15, 0.2) is 6.10 Å². The Morgan fingerprint density at radius 3 is 0.797 bits per heavy atom. The number of aliphatic hydroxyl groups excluding tert-OH is 1. The van der Waals surface area contributed by atoms with Gasteiger partial charge in [-0.25, -0.2) is 4.57 Å². The number of rotatable bonds is 61. The smallest absolute Gasteiger partial charge is 0.462 e. The number of unbranched alkanes of at least 4 members (excludes halogenated alkanes) is 44. The summed E-state index contributed by atoms with van der Waals surface area (Å²) >= 11 is 0. The van der Waals surface area contributed by atoms with Gasteiger partial charge in [0.25, 0.3) is 0 Å². The molecule has 0 spiro atoms. The molecule has 0 saturated heterocycles. The van der Waals surface area contributed by atoms with Crippen LogP contribution < -0.4 is 0 Å². The molecule has 0 aliphatic heterocycles. The first kappa shape index (κ1) is 72.5. The molecule has 3 unspecified atom stereocenters. The number of phosphoric ester groups is 1. The standard InChI is InChI=1S/C62H121O11P/c1-4-7-10-13-16-19-22-24-26-28-29-31-33-35-38-41-44-47-50-53-62(66)73-59(55-69-60(64)51-48-45-42-39-36-21-18-15-12-9-6-3)57-71-74(67,68)70-56-58(54-63)72-61(65)52-49-46-43-40-37-34-32-30-27-25-23-20-17-14-11-8-5-2/h58-59,63H,4-57H2,1-3H3,(H,67,68). The molecule has 0 amide bonds. The largest absolute Gasteiger partial charge is 0.472 e. The molecule has 0 aliphatic carbocycles. The van der Waals surface area contributed by atoms with Gasteiger partial charge in [0.1, 0.15) is 12.7 Å². The fourth-order valence-corrected chi connectivity index (χ4v) is 10.4. The Bertz CT molecular complexity index is 1250. The molecule has 0 rings (SSSR count). The Balaban J connectivity index is 4.56. The minimum Gasteiger partial charge on any atom is -0.462 e. The van der Waals surface area contributed by atoms with Gasteiger partial charge in [-0.2, -0.15) is 0 Å². The van der Waals surface area contributed by atoms with E-state index in [1.54, 1.807) is 0 Å². The predicted octanol–water partition coefficient (Wildman–Crippen LogP) is 19.0. The summed E-state index contributed by atoms with van der Waals surface area (Å²) in [6, 6.07) is 0. The molecule has 0 aromatic carbocycles. The zero-order valence-electron chi connectivity index (χ0n) is 48.9. The molecule has 0 aliphatic rings. The van der Waals surface area contributed by atoms with Crippen LogP contribution in [-0.2, 0) is 42.2 Å². The molecular formula is C62H121O11P. The van der Waals surface area contributed by atoms with E-state index in [0.717, 1.165) is 57.8 Å². The topological polar surface area (TPSA) is 155 Å². The van der Waals surface area contributed by atoms with Gasteiger partial charge in [0.05, 0.1) is 19.8 Å². The van der Waals surface area contributed by atoms with Gasteiger partial charge in [0.2, 0.25) is 0 Å². The number of aliphatic hydroxyl groups is 1. The molecule has 74 heavy (non-hydrogen) atoms. The second-order valence-corrected chi connectivity index (χ2v) is 23.4. The molecule has 0 aromatic heterocycles. The lowest BCUT2D eigenvalue weighted by Gasteiger charge is -2.21. The van der Waals surface area contributed by atoms with Crippen molar-refractivity contribution < 1.29 is 52.2 Å². The number of hydrogen-bond donors (Lipinski definition) is 2. The SMILES string of the molecule is CCCCCCCCCCCCCCCCCCCCCC(=O)OC(COC(=O)CCCCCCCCCCCCC)COP(=O)(O)OCC(CO)OC(=O)CCCCCCCCCCCCCCCCCCC. The van der Waals surface area contributed by atoms with Gasteiger partial charge in [-0.1, -0.05) is 303 Å². The summed E-state index contributed by atoms with van der Waals surface area (Å²) in [5, 5.41) is 9.84. The third-order valence-corrected chi connectivity index (χ3v) is 15.5. The molecule has 0 aromatic rings. The van der Waals surface area contributed by atoms with E-state index < -0.39 is 57.8 Å². The van der Waals surface area contributed by atoms with Crippen LogP contribution in [0.3, 0.4) is 0 Å². The summed E-state index contributed by atoms with van der Waals surface area (Å²) in [6.45, 7) is 4.74. The van der Waals surface area contributed by atoms with E-state index in [2.05, 4.69) is 20.8 Å². The fourth-order valence-electron chi connectivity index (χ4n) is 9.66. The molecule has 0 fully saturated rings. The first-order chi connectivity index (χ1) is 36.2. The third kappa shape index (κ3) is 55.2. The molecule has 0 radical (unpaired) electrons. The summed E-state index contributed by atoms with van der Waals surface area (Å²) in [6.07, 6.45) is 56.3. The van der Waals surface area contributed by atoms with E-state index >= 15 is 0 Å². The second kappa shape index (κ2) is 57.6. The molecule has 12 heteroatoms. The van der Waals surface area contributed by atoms with Crippen molar-refractivity contribution in [1.29, 1.82) is 0 Å². The minimum atomic E-state index is -4.74. The summed E-state index contributed by atoms with van der Waals surface area (Å²) in [5.41, 5.74) is 0. The highest BCUT2D eigenvalue weighted by Crippen LogP contribution is 2.43. The van der Waals surface area contributed by atoms with Crippen molar-refractivity contribution in [3.63, 3.8) is 0 Å². The second-order valence-electron chi connectivity index (χ2n) is 22.0. The Morgan fingerprint density at radius 2 is 0.541 bits per heavy atom. The van der Waals surface area contributed by atoms with Gasteiger partial charge < -0.3 is 24.2 Å². The molecule has 2 N–H and O–H groups in total. The van der Waals surface area contributed by atoms with Crippen LogP contribution in [0.2, 0.25) is 0 Å². The summed E-state index contributed by atoms with van der Waals surface area (Å²) in [5.74, 6) is -1.42. The lowest BCUT2D eigenvalue weighted by Crippen LogP contribution is -2.30. The maximum Gasteiger partial charge on any atom is 0.472 e. The quantitative estimate of drug-likeness (QED) is 0.0259. The molecule has 11 nitrogen and oxygen atoms in total. The molecule has 0 saturated carbocycles. The summed E-state index contributed by atoms with van der Waals surface area (Å²) in [7, 11) is -4.74. The molecule has 0 bridgehead atoms. The van der Waals surface area contributed by atoms with Crippen LogP contribution in [0.15, 0.2) is 0 Å². The number of esters is 3. The highest BCUT2D eigenvalue weighted by molar-refractivity contribution is 7.47. The van der Waals surface area contributed by atoms with Crippen LogP contribution in [0.1, 0.15) is 342 Å². The van der Waals surface area contributed by atoms with Crippen LogP contribution in [0, 0.1) is 0 Å². The van der Waals surface area contributed by atoms with Crippen LogP contribution in [0.25, 0.3) is 0 Å². The van der Waals surface area contributed by atoms with Crippen molar-refractivity contribution in [3.05, 3.63) is 0 Å². The van der Waals surface area contributed by atoms with E-state index in [1.165, 1.54) is 225 Å². The lowest BCUT2D eigenvalue weighted by atomic mass is 10.0. The van der Waals surface area contributed by atoms with E-state index in [9.17, 15) is 28.9 Å². The number of hydrogen-bond acceptors (Lipinski definition) is 10. The molecule has 440 valence electrons. The Morgan fingerprint density at radius 1 is 0.324 bits per heavy atom. The van der Waals surface area contributed by atoms with Gasteiger partial charge in [0, 0.05) is 19.3 Å². The summed E-state index contributed by atoms with van der Waals surface area (Å²) in [4.78, 5) is 48.6. The zero-order chi connectivity index (χ0) is 54.1. The van der Waals surface area contributed by atoms with Crippen molar-refractivity contribution >= 4 is 25.7 Å². The van der Waals surface area contributed by atoms with E-state index in [-0.39, 0.29) is 25.9 Å². The number of phosphoric acid groups is 1. The van der Waals surface area contributed by atoms with Crippen molar-refractivity contribution in [2.24, 2.45) is 0 Å². The normalized spacial score (nSPS) is 13.2. The maximum absolute atomic E-state index is 12.9. The van der Waals surface area contributed by atoms with Gasteiger partial charge in [-0.05, 0) is 19.3 Å². The highest BCUT2D eigenvalue weighted by Gasteiger charge is 2.28. The van der Waals surface area contributed by atoms with Crippen LogP contribution in [0.4, 0.5) is 0 Å². The summed E-state index contributed by atoms with van der Waals surface area (Å²) < 4.78 is 39.6. The molecular weight excluding hydrogens is 952 g/mol. The number of carbonyl (C=O) groups is 3. The zero-order valence-corrected chi connectivity index (χ0v) is 49.7. The van der Waals surface area contributed by atoms with Gasteiger partial charge in [-0.15, -0.1) is 0 Å². The van der Waals surface area contributed by atoms with Crippen molar-refractivity contribution in [1.82, 2.24) is 0 Å².